The Balaban J connectivity index is 2.25. The van der Waals surface area contributed by atoms with Crippen LogP contribution in [0.1, 0.15) is 53.3 Å². The van der Waals surface area contributed by atoms with Crippen molar-refractivity contribution in [2.75, 3.05) is 14.2 Å². The van der Waals surface area contributed by atoms with Crippen LogP contribution in [-0.2, 0) is 18.9 Å². The molecule has 2 atom stereocenters. The second-order valence-corrected chi connectivity index (χ2v) is 6.88. The monoisotopic (exact) mass is 414 g/mol. The van der Waals surface area contributed by atoms with Gasteiger partial charge in [0.1, 0.15) is 6.10 Å². The number of esters is 2. The highest BCUT2D eigenvalue weighted by Gasteiger charge is 2.36. The summed E-state index contributed by atoms with van der Waals surface area (Å²) in [6.07, 6.45) is 0.771. The molecule has 0 amide bonds. The lowest BCUT2D eigenvalue weighted by molar-refractivity contribution is -0.192. The molecule has 0 heterocycles. The normalized spacial score (nSPS) is 12.9. The second kappa shape index (κ2) is 12.8. The number of ether oxygens (including phenoxy) is 4. The van der Waals surface area contributed by atoms with Crippen LogP contribution in [0.5, 0.6) is 0 Å². The Morgan fingerprint density at radius 1 is 0.767 bits per heavy atom. The number of methoxy groups -OCH3 is 2. The van der Waals surface area contributed by atoms with Crippen LogP contribution in [0.3, 0.4) is 0 Å². The summed E-state index contributed by atoms with van der Waals surface area (Å²) in [5.74, 6) is -1.01. The van der Waals surface area contributed by atoms with E-state index in [1.807, 2.05) is 12.1 Å². The number of unbranched alkanes of at least 4 members (excludes halogenated alkanes) is 2. The minimum absolute atomic E-state index is 0.398. The maximum atomic E-state index is 12.7. The second-order valence-electron chi connectivity index (χ2n) is 6.88. The molecule has 30 heavy (non-hydrogen) atoms. The predicted octanol–water partition coefficient (Wildman–Crippen LogP) is 4.64. The van der Waals surface area contributed by atoms with Crippen LogP contribution in [-0.4, -0.2) is 44.7 Å². The molecule has 2 aromatic carbocycles. The molecule has 2 unspecified atom stereocenters. The zero-order valence-electron chi connectivity index (χ0n) is 17.8. The first-order chi connectivity index (χ1) is 14.6. The van der Waals surface area contributed by atoms with Gasteiger partial charge in [-0.2, -0.15) is 0 Å². The Kier molecular flexibility index (Phi) is 10.0. The molecule has 0 aliphatic heterocycles. The summed E-state index contributed by atoms with van der Waals surface area (Å²) in [6, 6.07) is 17.4. The van der Waals surface area contributed by atoms with Gasteiger partial charge in [-0.3, -0.25) is 0 Å². The maximum Gasteiger partial charge on any atom is 0.338 e. The molecule has 0 aromatic heterocycles. The highest BCUT2D eigenvalue weighted by molar-refractivity contribution is 5.90. The molecule has 2 aromatic rings. The first-order valence-electron chi connectivity index (χ1n) is 10.2. The SMILES string of the molecule is CCCCCC(OC(=O)c1ccccc1)C(OC(=O)c1ccccc1)C(OC)OC. The Morgan fingerprint density at radius 2 is 1.27 bits per heavy atom. The van der Waals surface area contributed by atoms with Gasteiger partial charge in [0.05, 0.1) is 11.1 Å². The lowest BCUT2D eigenvalue weighted by Gasteiger charge is -2.31. The highest BCUT2D eigenvalue weighted by atomic mass is 16.7. The van der Waals surface area contributed by atoms with Crippen molar-refractivity contribution in [2.24, 2.45) is 0 Å². The molecule has 6 nitrogen and oxygen atoms in total. The van der Waals surface area contributed by atoms with Crippen molar-refractivity contribution >= 4 is 11.9 Å². The average Bonchev–Trinajstić information content (AvgIpc) is 2.79. The molecule has 0 aliphatic rings. The Labute approximate surface area is 178 Å². The number of hydrogen-bond donors (Lipinski definition) is 0. The fourth-order valence-electron chi connectivity index (χ4n) is 3.10. The summed E-state index contributed by atoms with van der Waals surface area (Å²) in [5, 5.41) is 0. The summed E-state index contributed by atoms with van der Waals surface area (Å²) in [5.41, 5.74) is 0.827. The molecule has 162 valence electrons. The molecule has 0 saturated heterocycles. The van der Waals surface area contributed by atoms with Gasteiger partial charge in [-0.05, 0) is 37.1 Å². The Hall–Kier alpha value is -2.70. The molecular weight excluding hydrogens is 384 g/mol. The van der Waals surface area contributed by atoms with Gasteiger partial charge in [-0.25, -0.2) is 9.59 Å². The van der Waals surface area contributed by atoms with Crippen molar-refractivity contribution in [3.05, 3.63) is 71.8 Å². The van der Waals surface area contributed by atoms with E-state index in [1.54, 1.807) is 48.5 Å². The van der Waals surface area contributed by atoms with Crippen LogP contribution in [0.2, 0.25) is 0 Å². The highest BCUT2D eigenvalue weighted by Crippen LogP contribution is 2.21. The fourth-order valence-corrected chi connectivity index (χ4v) is 3.10. The molecule has 6 heteroatoms. The summed E-state index contributed by atoms with van der Waals surface area (Å²) in [7, 11) is 2.92. The number of benzene rings is 2. The van der Waals surface area contributed by atoms with Crippen LogP contribution in [0.25, 0.3) is 0 Å². The van der Waals surface area contributed by atoms with E-state index >= 15 is 0 Å². The van der Waals surface area contributed by atoms with Gasteiger partial charge in [0.15, 0.2) is 12.4 Å². The molecule has 0 fully saturated rings. The zero-order valence-corrected chi connectivity index (χ0v) is 17.8. The van der Waals surface area contributed by atoms with Crippen LogP contribution >= 0.6 is 0 Å². The lowest BCUT2D eigenvalue weighted by atomic mass is 10.0. The summed E-state index contributed by atoms with van der Waals surface area (Å²) in [4.78, 5) is 25.4. The van der Waals surface area contributed by atoms with E-state index in [0.717, 1.165) is 19.3 Å². The van der Waals surface area contributed by atoms with E-state index in [4.69, 9.17) is 18.9 Å². The Morgan fingerprint density at radius 3 is 1.73 bits per heavy atom. The van der Waals surface area contributed by atoms with Crippen molar-refractivity contribution in [2.45, 2.75) is 51.1 Å². The number of carbonyl (C=O) groups excluding carboxylic acids is 2. The Bertz CT molecular complexity index is 758. The number of rotatable bonds is 12. The van der Waals surface area contributed by atoms with E-state index in [2.05, 4.69) is 6.92 Å². The van der Waals surface area contributed by atoms with Crippen molar-refractivity contribution < 1.29 is 28.5 Å². The molecule has 2 rings (SSSR count). The van der Waals surface area contributed by atoms with Gasteiger partial charge >= 0.3 is 11.9 Å². The standard InChI is InChI=1S/C24H30O6/c1-4-5-8-17-20(29-22(25)18-13-9-6-10-14-18)21(24(27-2)28-3)30-23(26)19-15-11-7-12-16-19/h6-7,9-16,20-21,24H,4-5,8,17H2,1-3H3. The quantitative estimate of drug-likeness (QED) is 0.286. The third-order valence-electron chi connectivity index (χ3n) is 4.71. The van der Waals surface area contributed by atoms with Crippen molar-refractivity contribution in [1.29, 1.82) is 0 Å². The van der Waals surface area contributed by atoms with E-state index in [-0.39, 0.29) is 0 Å². The summed E-state index contributed by atoms with van der Waals surface area (Å²) >= 11 is 0. The number of hydrogen-bond acceptors (Lipinski definition) is 6. The van der Waals surface area contributed by atoms with Gasteiger partial charge in [0.2, 0.25) is 0 Å². The molecular formula is C24H30O6. The van der Waals surface area contributed by atoms with Crippen LogP contribution in [0.4, 0.5) is 0 Å². The third-order valence-corrected chi connectivity index (χ3v) is 4.71. The molecule has 0 aliphatic carbocycles. The van der Waals surface area contributed by atoms with E-state index in [1.165, 1.54) is 14.2 Å². The fraction of sp³-hybridized carbons (Fsp3) is 0.417. The summed E-state index contributed by atoms with van der Waals surface area (Å²) < 4.78 is 22.3. The van der Waals surface area contributed by atoms with E-state index in [9.17, 15) is 9.59 Å². The lowest BCUT2D eigenvalue weighted by Crippen LogP contribution is -2.45. The van der Waals surface area contributed by atoms with Crippen LogP contribution < -0.4 is 0 Å². The van der Waals surface area contributed by atoms with Crippen molar-refractivity contribution in [1.82, 2.24) is 0 Å². The summed E-state index contributed by atoms with van der Waals surface area (Å²) in [6.45, 7) is 2.09. The first-order valence-corrected chi connectivity index (χ1v) is 10.2. The minimum Gasteiger partial charge on any atom is -0.455 e. The topological polar surface area (TPSA) is 71.1 Å². The van der Waals surface area contributed by atoms with E-state index in [0.29, 0.717) is 17.5 Å². The van der Waals surface area contributed by atoms with E-state index < -0.39 is 30.4 Å². The van der Waals surface area contributed by atoms with Gasteiger partial charge in [-0.15, -0.1) is 0 Å². The van der Waals surface area contributed by atoms with Gasteiger partial charge in [-0.1, -0.05) is 56.2 Å². The van der Waals surface area contributed by atoms with Gasteiger partial charge in [0.25, 0.3) is 0 Å². The average molecular weight is 414 g/mol. The van der Waals surface area contributed by atoms with Crippen molar-refractivity contribution in [3.63, 3.8) is 0 Å². The first kappa shape index (κ1) is 23.6. The van der Waals surface area contributed by atoms with Gasteiger partial charge in [0, 0.05) is 14.2 Å². The molecule has 0 N–H and O–H groups in total. The van der Waals surface area contributed by atoms with Crippen LogP contribution in [0.15, 0.2) is 60.7 Å². The molecule has 0 spiro atoms. The predicted molar refractivity (Wildman–Crippen MR) is 113 cm³/mol. The maximum absolute atomic E-state index is 12.7. The van der Waals surface area contributed by atoms with Crippen LogP contribution in [0, 0.1) is 0 Å². The zero-order chi connectivity index (χ0) is 21.8. The minimum atomic E-state index is -0.919. The van der Waals surface area contributed by atoms with Crippen molar-refractivity contribution in [3.8, 4) is 0 Å². The smallest absolute Gasteiger partial charge is 0.338 e. The molecule has 0 bridgehead atoms. The van der Waals surface area contributed by atoms with Gasteiger partial charge < -0.3 is 18.9 Å². The molecule has 0 radical (unpaired) electrons. The largest absolute Gasteiger partial charge is 0.455 e. The molecule has 0 saturated carbocycles. The number of carbonyl (C=O) groups is 2. The third kappa shape index (κ3) is 6.97.